The molecule has 3 nitrogen and oxygen atoms in total. The van der Waals surface area contributed by atoms with Gasteiger partial charge in [0.05, 0.1) is 6.10 Å². The van der Waals surface area contributed by atoms with Crippen molar-refractivity contribution in [2.24, 2.45) is 5.41 Å². The third kappa shape index (κ3) is 2.39. The van der Waals surface area contributed by atoms with Crippen molar-refractivity contribution in [2.75, 3.05) is 11.9 Å². The highest BCUT2D eigenvalue weighted by atomic mass is 16.5. The van der Waals surface area contributed by atoms with Crippen LogP contribution in [-0.4, -0.2) is 23.9 Å². The number of benzene rings is 1. The maximum absolute atomic E-state index is 9.42. The molecule has 2 unspecified atom stereocenters. The number of rotatable bonds is 4. The fourth-order valence-electron chi connectivity index (χ4n) is 2.41. The van der Waals surface area contributed by atoms with Crippen LogP contribution in [0.4, 0.5) is 5.69 Å². The maximum atomic E-state index is 9.42. The average Bonchev–Trinajstić information content (AvgIpc) is 2.28. The standard InChI is InChI=1S/C14H21NO2/c1-4-17-13-9-12(14(13,2)3)15-10-6-5-7-11(16)8-10/h5-8,12-13,15-16H,4,9H2,1-3H3. The van der Waals surface area contributed by atoms with Gasteiger partial charge in [-0.15, -0.1) is 0 Å². The van der Waals surface area contributed by atoms with Crippen molar-refractivity contribution in [3.8, 4) is 5.75 Å². The first-order chi connectivity index (χ1) is 8.04. The molecule has 1 aliphatic rings. The molecule has 0 heterocycles. The molecule has 1 saturated carbocycles. The molecule has 0 amide bonds. The summed E-state index contributed by atoms with van der Waals surface area (Å²) in [4.78, 5) is 0. The minimum atomic E-state index is 0.140. The van der Waals surface area contributed by atoms with Crippen molar-refractivity contribution in [3.05, 3.63) is 24.3 Å². The van der Waals surface area contributed by atoms with Crippen LogP contribution in [-0.2, 0) is 4.74 Å². The summed E-state index contributed by atoms with van der Waals surface area (Å²) in [6.45, 7) is 7.24. The van der Waals surface area contributed by atoms with Gasteiger partial charge in [0.1, 0.15) is 5.75 Å². The Morgan fingerprint density at radius 1 is 1.47 bits per heavy atom. The van der Waals surface area contributed by atoms with Crippen molar-refractivity contribution < 1.29 is 9.84 Å². The zero-order chi connectivity index (χ0) is 12.5. The van der Waals surface area contributed by atoms with E-state index in [9.17, 15) is 5.11 Å². The predicted octanol–water partition coefficient (Wildman–Crippen LogP) is 3.01. The monoisotopic (exact) mass is 235 g/mol. The number of phenols is 1. The SMILES string of the molecule is CCOC1CC(Nc2cccc(O)c2)C1(C)C. The molecule has 0 saturated heterocycles. The zero-order valence-corrected chi connectivity index (χ0v) is 10.7. The quantitative estimate of drug-likeness (QED) is 0.843. The number of aromatic hydroxyl groups is 1. The Morgan fingerprint density at radius 2 is 2.24 bits per heavy atom. The van der Waals surface area contributed by atoms with Crippen LogP contribution in [0.15, 0.2) is 24.3 Å². The van der Waals surface area contributed by atoms with E-state index in [0.717, 1.165) is 18.7 Å². The highest BCUT2D eigenvalue weighted by molar-refractivity contribution is 5.49. The molecular weight excluding hydrogens is 214 g/mol. The first kappa shape index (κ1) is 12.2. The number of phenolic OH excluding ortho intramolecular Hbond substituents is 1. The largest absolute Gasteiger partial charge is 0.508 e. The van der Waals surface area contributed by atoms with Gasteiger partial charge in [-0.05, 0) is 25.5 Å². The van der Waals surface area contributed by atoms with Gasteiger partial charge in [0.2, 0.25) is 0 Å². The van der Waals surface area contributed by atoms with E-state index in [0.29, 0.717) is 17.9 Å². The smallest absolute Gasteiger partial charge is 0.117 e. The normalized spacial score (nSPS) is 26.3. The summed E-state index contributed by atoms with van der Waals surface area (Å²) in [7, 11) is 0. The van der Waals surface area contributed by atoms with Crippen LogP contribution < -0.4 is 5.32 Å². The number of nitrogens with one attached hydrogen (secondary N) is 1. The summed E-state index contributed by atoms with van der Waals surface area (Å²) in [6, 6.07) is 7.66. The Bertz CT molecular complexity index is 390. The van der Waals surface area contributed by atoms with E-state index in [-0.39, 0.29) is 5.41 Å². The van der Waals surface area contributed by atoms with E-state index >= 15 is 0 Å². The van der Waals surface area contributed by atoms with Crippen LogP contribution >= 0.6 is 0 Å². The van der Waals surface area contributed by atoms with E-state index in [4.69, 9.17) is 4.74 Å². The van der Waals surface area contributed by atoms with Crippen LogP contribution in [0.25, 0.3) is 0 Å². The Balaban J connectivity index is 1.98. The molecule has 1 aliphatic carbocycles. The Hall–Kier alpha value is -1.22. The molecule has 94 valence electrons. The third-order valence-corrected chi connectivity index (χ3v) is 3.73. The van der Waals surface area contributed by atoms with Gasteiger partial charge in [-0.3, -0.25) is 0 Å². The van der Waals surface area contributed by atoms with Crippen molar-refractivity contribution in [1.82, 2.24) is 0 Å². The van der Waals surface area contributed by atoms with Crippen molar-refractivity contribution in [1.29, 1.82) is 0 Å². The van der Waals surface area contributed by atoms with E-state index in [2.05, 4.69) is 19.2 Å². The molecule has 0 spiro atoms. The minimum Gasteiger partial charge on any atom is -0.508 e. The van der Waals surface area contributed by atoms with E-state index < -0.39 is 0 Å². The predicted molar refractivity (Wildman–Crippen MR) is 69.3 cm³/mol. The van der Waals surface area contributed by atoms with Crippen molar-refractivity contribution >= 4 is 5.69 Å². The molecular formula is C14H21NO2. The number of ether oxygens (including phenoxy) is 1. The maximum Gasteiger partial charge on any atom is 0.117 e. The highest BCUT2D eigenvalue weighted by Gasteiger charge is 2.48. The lowest BCUT2D eigenvalue weighted by molar-refractivity contribution is -0.0975. The fourth-order valence-corrected chi connectivity index (χ4v) is 2.41. The first-order valence-electron chi connectivity index (χ1n) is 6.21. The third-order valence-electron chi connectivity index (χ3n) is 3.73. The topological polar surface area (TPSA) is 41.5 Å². The molecule has 0 aliphatic heterocycles. The molecule has 2 atom stereocenters. The average molecular weight is 235 g/mol. The molecule has 1 aromatic rings. The van der Waals surface area contributed by atoms with Crippen LogP contribution in [0.5, 0.6) is 5.75 Å². The molecule has 3 heteroatoms. The molecule has 2 rings (SSSR count). The molecule has 0 aromatic heterocycles. The van der Waals surface area contributed by atoms with Crippen LogP contribution in [0.2, 0.25) is 0 Å². The molecule has 0 radical (unpaired) electrons. The van der Waals surface area contributed by atoms with Gasteiger partial charge in [-0.2, -0.15) is 0 Å². The lowest BCUT2D eigenvalue weighted by atomic mass is 9.64. The summed E-state index contributed by atoms with van der Waals surface area (Å²) in [5.41, 5.74) is 1.11. The van der Waals surface area contributed by atoms with Crippen molar-refractivity contribution in [3.63, 3.8) is 0 Å². The van der Waals surface area contributed by atoms with Crippen LogP contribution in [0.1, 0.15) is 27.2 Å². The van der Waals surface area contributed by atoms with Gasteiger partial charge in [0.15, 0.2) is 0 Å². The van der Waals surface area contributed by atoms with Crippen LogP contribution in [0.3, 0.4) is 0 Å². The zero-order valence-electron chi connectivity index (χ0n) is 10.7. The van der Waals surface area contributed by atoms with Gasteiger partial charge in [-0.25, -0.2) is 0 Å². The molecule has 17 heavy (non-hydrogen) atoms. The Labute approximate surface area is 103 Å². The lowest BCUT2D eigenvalue weighted by Gasteiger charge is -2.52. The summed E-state index contributed by atoms with van der Waals surface area (Å²) < 4.78 is 5.70. The van der Waals surface area contributed by atoms with E-state index in [1.165, 1.54) is 0 Å². The number of hydrogen-bond acceptors (Lipinski definition) is 3. The second-order valence-corrected chi connectivity index (χ2v) is 5.25. The highest BCUT2D eigenvalue weighted by Crippen LogP contribution is 2.44. The molecule has 1 aromatic carbocycles. The number of anilines is 1. The lowest BCUT2D eigenvalue weighted by Crippen LogP contribution is -2.58. The molecule has 0 bridgehead atoms. The van der Waals surface area contributed by atoms with E-state index in [1.54, 1.807) is 12.1 Å². The Kier molecular flexibility index (Phi) is 3.29. The molecule has 2 N–H and O–H groups in total. The Morgan fingerprint density at radius 3 is 2.82 bits per heavy atom. The first-order valence-corrected chi connectivity index (χ1v) is 6.21. The second kappa shape index (κ2) is 4.57. The summed E-state index contributed by atoms with van der Waals surface area (Å²) in [5.74, 6) is 0.300. The fraction of sp³-hybridized carbons (Fsp3) is 0.571. The summed E-state index contributed by atoms with van der Waals surface area (Å²) in [6.07, 6.45) is 1.36. The van der Waals surface area contributed by atoms with Gasteiger partial charge in [0, 0.05) is 29.8 Å². The van der Waals surface area contributed by atoms with Crippen molar-refractivity contribution in [2.45, 2.75) is 39.3 Å². The van der Waals surface area contributed by atoms with E-state index in [1.807, 2.05) is 19.1 Å². The van der Waals surface area contributed by atoms with Crippen LogP contribution in [0, 0.1) is 5.41 Å². The summed E-state index contributed by atoms with van der Waals surface area (Å²) >= 11 is 0. The minimum absolute atomic E-state index is 0.140. The second-order valence-electron chi connectivity index (χ2n) is 5.25. The number of hydrogen-bond donors (Lipinski definition) is 2. The van der Waals surface area contributed by atoms with Gasteiger partial charge in [0.25, 0.3) is 0 Å². The van der Waals surface area contributed by atoms with Gasteiger partial charge >= 0.3 is 0 Å². The molecule has 1 fully saturated rings. The van der Waals surface area contributed by atoms with Gasteiger partial charge < -0.3 is 15.2 Å². The summed E-state index contributed by atoms with van der Waals surface area (Å²) in [5, 5.41) is 12.9. The van der Waals surface area contributed by atoms with Gasteiger partial charge in [-0.1, -0.05) is 19.9 Å².